The van der Waals surface area contributed by atoms with Crippen molar-refractivity contribution >= 4 is 72.3 Å². The molecule has 1 atom stereocenters. The number of rotatable bonds is 2. The highest BCUT2D eigenvalue weighted by molar-refractivity contribution is 9.09. The summed E-state index contributed by atoms with van der Waals surface area (Å²) >= 11 is 21.9. The minimum atomic E-state index is -0.637. The SMILES string of the molecule is O[C@@H](CBr)c1cc2ccc(Cl)cc2c2c(Cl)cc(Cl)cc12. The van der Waals surface area contributed by atoms with Crippen LogP contribution in [-0.2, 0) is 0 Å². The van der Waals surface area contributed by atoms with Gasteiger partial charge >= 0.3 is 0 Å². The minimum absolute atomic E-state index is 0.436. The van der Waals surface area contributed by atoms with E-state index in [-0.39, 0.29) is 0 Å². The zero-order valence-corrected chi connectivity index (χ0v) is 14.6. The van der Waals surface area contributed by atoms with E-state index in [0.29, 0.717) is 20.4 Å². The van der Waals surface area contributed by atoms with Crippen LogP contribution in [0.15, 0.2) is 36.4 Å². The Morgan fingerprint density at radius 1 is 0.952 bits per heavy atom. The number of halogens is 4. The number of aliphatic hydroxyl groups is 1. The molecule has 3 aromatic carbocycles. The second kappa shape index (κ2) is 5.94. The molecule has 0 aromatic heterocycles. The van der Waals surface area contributed by atoms with E-state index in [1.165, 1.54) is 0 Å². The van der Waals surface area contributed by atoms with Gasteiger partial charge in [-0.3, -0.25) is 0 Å². The molecule has 21 heavy (non-hydrogen) atoms. The fourth-order valence-corrected chi connectivity index (χ4v) is 3.67. The second-order valence-corrected chi connectivity index (χ2v) is 6.74. The van der Waals surface area contributed by atoms with Crippen molar-refractivity contribution in [3.05, 3.63) is 57.0 Å². The lowest BCUT2D eigenvalue weighted by molar-refractivity contribution is 0.207. The topological polar surface area (TPSA) is 20.2 Å². The van der Waals surface area contributed by atoms with Crippen molar-refractivity contribution in [2.45, 2.75) is 6.10 Å². The van der Waals surface area contributed by atoms with E-state index in [0.717, 1.165) is 27.1 Å². The zero-order chi connectivity index (χ0) is 15.1. The van der Waals surface area contributed by atoms with Crippen LogP contribution < -0.4 is 0 Å². The number of benzene rings is 3. The van der Waals surface area contributed by atoms with Crippen molar-refractivity contribution in [1.29, 1.82) is 0 Å². The highest BCUT2D eigenvalue weighted by atomic mass is 79.9. The predicted molar refractivity (Wildman–Crippen MR) is 95.2 cm³/mol. The van der Waals surface area contributed by atoms with Crippen LogP contribution in [0, 0.1) is 0 Å². The maximum atomic E-state index is 10.3. The third kappa shape index (κ3) is 2.76. The Kier molecular flexibility index (Phi) is 4.35. The molecule has 0 aliphatic heterocycles. The normalized spacial score (nSPS) is 13.0. The van der Waals surface area contributed by atoms with Gasteiger partial charge in [0.1, 0.15) is 0 Å². The van der Waals surface area contributed by atoms with Crippen LogP contribution in [0.4, 0.5) is 0 Å². The molecule has 0 amide bonds. The minimum Gasteiger partial charge on any atom is -0.388 e. The van der Waals surface area contributed by atoms with Crippen molar-refractivity contribution in [3.8, 4) is 0 Å². The maximum absolute atomic E-state index is 10.3. The fourth-order valence-electron chi connectivity index (χ4n) is 2.55. The first-order valence-electron chi connectivity index (χ1n) is 6.26. The predicted octanol–water partition coefficient (Wildman–Crippen LogP) is 6.38. The van der Waals surface area contributed by atoms with Crippen molar-refractivity contribution in [2.24, 2.45) is 0 Å². The smallest absolute Gasteiger partial charge is 0.0893 e. The third-order valence-corrected chi connectivity index (χ3v) is 4.83. The monoisotopic (exact) mass is 402 g/mol. The average molecular weight is 405 g/mol. The molecule has 0 bridgehead atoms. The molecular formula is C16H10BrCl3O. The molecule has 0 saturated heterocycles. The number of hydrogen-bond donors (Lipinski definition) is 1. The van der Waals surface area contributed by atoms with E-state index in [4.69, 9.17) is 34.8 Å². The number of hydrogen-bond acceptors (Lipinski definition) is 1. The molecule has 1 N–H and O–H groups in total. The highest BCUT2D eigenvalue weighted by Gasteiger charge is 2.16. The number of aliphatic hydroxyl groups excluding tert-OH is 1. The van der Waals surface area contributed by atoms with Crippen molar-refractivity contribution < 1.29 is 5.11 Å². The van der Waals surface area contributed by atoms with Gasteiger partial charge in [-0.25, -0.2) is 0 Å². The van der Waals surface area contributed by atoms with Gasteiger partial charge in [0.25, 0.3) is 0 Å². The molecule has 0 heterocycles. The van der Waals surface area contributed by atoms with Gasteiger partial charge in [0.05, 0.1) is 11.1 Å². The number of alkyl halides is 1. The molecule has 5 heteroatoms. The van der Waals surface area contributed by atoms with Crippen molar-refractivity contribution in [3.63, 3.8) is 0 Å². The Balaban J connectivity index is 2.54. The molecule has 1 nitrogen and oxygen atoms in total. The lowest BCUT2D eigenvalue weighted by Crippen LogP contribution is -2.00. The molecule has 0 fully saturated rings. The van der Waals surface area contributed by atoms with E-state index >= 15 is 0 Å². The van der Waals surface area contributed by atoms with Gasteiger partial charge in [-0.2, -0.15) is 0 Å². The van der Waals surface area contributed by atoms with Crippen LogP contribution >= 0.6 is 50.7 Å². The van der Waals surface area contributed by atoms with Gasteiger partial charge in [0, 0.05) is 20.8 Å². The summed E-state index contributed by atoms with van der Waals surface area (Å²) in [7, 11) is 0. The van der Waals surface area contributed by atoms with Gasteiger partial charge in [-0.1, -0.05) is 56.8 Å². The Labute approximate surface area is 145 Å². The van der Waals surface area contributed by atoms with Crippen LogP contribution in [0.25, 0.3) is 21.5 Å². The Bertz CT molecular complexity index is 848. The van der Waals surface area contributed by atoms with Crippen LogP contribution in [0.1, 0.15) is 11.7 Å². The average Bonchev–Trinajstić information content (AvgIpc) is 2.45. The van der Waals surface area contributed by atoms with E-state index in [1.807, 2.05) is 30.3 Å². The Morgan fingerprint density at radius 2 is 1.67 bits per heavy atom. The third-order valence-electron chi connectivity index (χ3n) is 3.47. The summed E-state index contributed by atoms with van der Waals surface area (Å²) < 4.78 is 0. The van der Waals surface area contributed by atoms with Crippen molar-refractivity contribution in [1.82, 2.24) is 0 Å². The molecule has 0 unspecified atom stereocenters. The van der Waals surface area contributed by atoms with Crippen LogP contribution in [0.3, 0.4) is 0 Å². The summed E-state index contributed by atoms with van der Waals surface area (Å²) in [4.78, 5) is 0. The quantitative estimate of drug-likeness (QED) is 0.388. The van der Waals surface area contributed by atoms with Crippen LogP contribution in [0.5, 0.6) is 0 Å². The van der Waals surface area contributed by atoms with Gasteiger partial charge in [-0.15, -0.1) is 0 Å². The van der Waals surface area contributed by atoms with Gasteiger partial charge < -0.3 is 5.11 Å². The molecule has 0 aliphatic carbocycles. The van der Waals surface area contributed by atoms with Gasteiger partial charge in [0.2, 0.25) is 0 Å². The maximum Gasteiger partial charge on any atom is 0.0893 e. The fraction of sp³-hybridized carbons (Fsp3) is 0.125. The van der Waals surface area contributed by atoms with Crippen LogP contribution in [0.2, 0.25) is 15.1 Å². The number of fused-ring (bicyclic) bond motifs is 3. The first-order chi connectivity index (χ1) is 10.0. The molecule has 0 saturated carbocycles. The van der Waals surface area contributed by atoms with Crippen molar-refractivity contribution in [2.75, 3.05) is 5.33 Å². The summed E-state index contributed by atoms with van der Waals surface area (Å²) in [6, 6.07) is 11.1. The van der Waals surface area contributed by atoms with E-state index in [9.17, 15) is 5.11 Å². The second-order valence-electron chi connectivity index (χ2n) is 4.81. The van der Waals surface area contributed by atoms with Gasteiger partial charge in [0.15, 0.2) is 0 Å². The molecule has 0 aliphatic rings. The lowest BCUT2D eigenvalue weighted by Gasteiger charge is -2.15. The Hall–Kier alpha value is -0.510. The molecular weight excluding hydrogens is 394 g/mol. The summed E-state index contributed by atoms with van der Waals surface area (Å²) in [5, 5.41) is 16.1. The zero-order valence-electron chi connectivity index (χ0n) is 10.7. The van der Waals surface area contributed by atoms with E-state index < -0.39 is 6.10 Å². The summed E-state index contributed by atoms with van der Waals surface area (Å²) in [5.74, 6) is 0. The summed E-state index contributed by atoms with van der Waals surface area (Å²) in [6.07, 6.45) is -0.637. The molecule has 3 rings (SSSR count). The van der Waals surface area contributed by atoms with E-state index in [1.54, 1.807) is 6.07 Å². The molecule has 3 aromatic rings. The highest BCUT2D eigenvalue weighted by Crippen LogP contribution is 2.39. The molecule has 108 valence electrons. The summed E-state index contributed by atoms with van der Waals surface area (Å²) in [5.41, 5.74) is 0.793. The van der Waals surface area contributed by atoms with E-state index in [2.05, 4.69) is 15.9 Å². The molecule has 0 radical (unpaired) electrons. The standard InChI is InChI=1S/C16H10BrCl3O/c17-7-15(21)12-3-8-1-2-9(18)4-11(8)16-13(12)5-10(19)6-14(16)20/h1-6,15,21H,7H2/t15-/m0/s1. The first-order valence-corrected chi connectivity index (χ1v) is 8.51. The summed E-state index contributed by atoms with van der Waals surface area (Å²) in [6.45, 7) is 0. The largest absolute Gasteiger partial charge is 0.388 e. The first kappa shape index (κ1) is 15.4. The van der Waals surface area contributed by atoms with Crippen LogP contribution in [-0.4, -0.2) is 10.4 Å². The Morgan fingerprint density at radius 3 is 2.38 bits per heavy atom. The van der Waals surface area contributed by atoms with Gasteiger partial charge in [-0.05, 0) is 52.1 Å². The lowest BCUT2D eigenvalue weighted by atomic mass is 9.95. The molecule has 0 spiro atoms.